The van der Waals surface area contributed by atoms with Crippen LogP contribution < -0.4 is 0 Å². The second-order valence-electron chi connectivity index (χ2n) is 10.5. The lowest BCUT2D eigenvalue weighted by molar-refractivity contribution is -0.0266. The smallest absolute Gasteiger partial charge is 0.254 e. The third-order valence-corrected chi connectivity index (χ3v) is 8.69. The minimum Gasteiger partial charge on any atom is -0.508 e. The van der Waals surface area contributed by atoms with E-state index in [4.69, 9.17) is 0 Å². The Morgan fingerprint density at radius 1 is 1.03 bits per heavy atom. The zero-order valence-electron chi connectivity index (χ0n) is 19.0. The van der Waals surface area contributed by atoms with Crippen molar-refractivity contribution >= 4 is 5.91 Å². The molecule has 2 aromatic carbocycles. The number of carbonyl (C=O) groups is 1. The molecular weight excluding hydrogens is 384 g/mol. The molecule has 31 heavy (non-hydrogen) atoms. The maximum absolute atomic E-state index is 13.6. The summed E-state index contributed by atoms with van der Waals surface area (Å²) in [6.07, 6.45) is 4.20. The third kappa shape index (κ3) is 3.18. The minimum absolute atomic E-state index is 0.0552. The lowest BCUT2D eigenvalue weighted by Gasteiger charge is -2.60. The lowest BCUT2D eigenvalue weighted by Crippen LogP contribution is -2.64. The Hall–Kier alpha value is -2.33. The van der Waals surface area contributed by atoms with Gasteiger partial charge in [-0.3, -0.25) is 9.69 Å². The molecule has 0 aromatic heterocycles. The second-order valence-corrected chi connectivity index (χ2v) is 10.5. The van der Waals surface area contributed by atoms with Gasteiger partial charge in [0.2, 0.25) is 0 Å². The van der Waals surface area contributed by atoms with Gasteiger partial charge in [0.25, 0.3) is 5.91 Å². The highest BCUT2D eigenvalue weighted by molar-refractivity contribution is 5.94. The number of piperidine rings is 1. The van der Waals surface area contributed by atoms with Crippen molar-refractivity contribution in [2.45, 2.75) is 64.5 Å². The Morgan fingerprint density at radius 3 is 2.45 bits per heavy atom. The predicted octanol–water partition coefficient (Wildman–Crippen LogP) is 4.74. The highest BCUT2D eigenvalue weighted by atomic mass is 16.3. The number of rotatable bonds is 3. The first kappa shape index (κ1) is 20.6. The van der Waals surface area contributed by atoms with Crippen LogP contribution in [0.1, 0.15) is 67.1 Å². The molecule has 4 heteroatoms. The maximum Gasteiger partial charge on any atom is 0.254 e. The van der Waals surface area contributed by atoms with Gasteiger partial charge in [-0.05, 0) is 79.1 Å². The van der Waals surface area contributed by atoms with E-state index in [1.807, 2.05) is 18.2 Å². The number of aromatic hydroxyl groups is 1. The van der Waals surface area contributed by atoms with E-state index in [9.17, 15) is 9.90 Å². The van der Waals surface area contributed by atoms with Crippen molar-refractivity contribution in [2.24, 2.45) is 5.41 Å². The summed E-state index contributed by atoms with van der Waals surface area (Å²) in [7, 11) is 0. The van der Waals surface area contributed by atoms with Gasteiger partial charge in [0, 0.05) is 30.1 Å². The van der Waals surface area contributed by atoms with E-state index in [2.05, 4.69) is 48.8 Å². The first-order chi connectivity index (χ1) is 14.8. The molecule has 1 N–H and O–H groups in total. The van der Waals surface area contributed by atoms with E-state index in [0.717, 1.165) is 30.6 Å². The van der Waals surface area contributed by atoms with Gasteiger partial charge in [-0.2, -0.15) is 0 Å². The van der Waals surface area contributed by atoms with Crippen LogP contribution in [0, 0.1) is 5.41 Å². The molecule has 164 valence electrons. The molecule has 2 heterocycles. The predicted molar refractivity (Wildman–Crippen MR) is 123 cm³/mol. The summed E-state index contributed by atoms with van der Waals surface area (Å²) in [6.45, 7) is 11.0. The molecule has 0 radical (unpaired) electrons. The summed E-state index contributed by atoms with van der Waals surface area (Å²) in [5.74, 6) is 0.483. The first-order valence-electron chi connectivity index (χ1n) is 11.7. The van der Waals surface area contributed by atoms with Gasteiger partial charge in [0.05, 0.1) is 0 Å². The highest BCUT2D eigenvalue weighted by Gasteiger charge is 2.57. The monoisotopic (exact) mass is 418 g/mol. The standard InChI is InChI=1S/C27H34N2O2/c1-26(2)24-17-21-22(7-6-8-23(21)30)27(26,3)13-16-29(24)25(31)20-11-9-19(10-12-20)18-28-14-4-5-15-28/h6-12,24,30H,4-5,13-18H2,1-3H3/t24?,27-/m0/s1. The summed E-state index contributed by atoms with van der Waals surface area (Å²) in [5.41, 5.74) is 4.20. The van der Waals surface area contributed by atoms with E-state index in [0.29, 0.717) is 12.2 Å². The van der Waals surface area contributed by atoms with Crippen LogP contribution in [-0.4, -0.2) is 46.5 Å². The maximum atomic E-state index is 13.6. The minimum atomic E-state index is -0.0720. The molecule has 3 aliphatic rings. The Balaban J connectivity index is 1.41. The first-order valence-corrected chi connectivity index (χ1v) is 11.7. The number of amides is 1. The summed E-state index contributed by atoms with van der Waals surface area (Å²) < 4.78 is 0. The van der Waals surface area contributed by atoms with Crippen LogP contribution in [0.3, 0.4) is 0 Å². The van der Waals surface area contributed by atoms with Crippen LogP contribution in [0.5, 0.6) is 5.75 Å². The number of nitrogens with zero attached hydrogens (tertiary/aromatic N) is 2. The molecule has 0 saturated carbocycles. The molecule has 4 nitrogen and oxygen atoms in total. The molecule has 1 unspecified atom stereocenters. The number of hydrogen-bond acceptors (Lipinski definition) is 3. The molecule has 2 saturated heterocycles. The second kappa shape index (κ2) is 7.37. The average Bonchev–Trinajstić information content (AvgIpc) is 3.24. The Kier molecular flexibility index (Phi) is 4.89. The largest absolute Gasteiger partial charge is 0.508 e. The number of benzene rings is 2. The molecule has 2 fully saturated rings. The lowest BCUT2D eigenvalue weighted by atomic mass is 9.51. The number of phenolic OH excluding ortho intramolecular Hbond substituents is 1. The Labute approximate surface area is 185 Å². The molecule has 2 atom stereocenters. The summed E-state index contributed by atoms with van der Waals surface area (Å²) in [5, 5.41) is 10.6. The van der Waals surface area contributed by atoms with Crippen LogP contribution in [0.4, 0.5) is 0 Å². The molecular formula is C27H34N2O2. The third-order valence-electron chi connectivity index (χ3n) is 8.69. The van der Waals surface area contributed by atoms with E-state index in [1.54, 1.807) is 6.07 Å². The Bertz CT molecular complexity index is 991. The molecule has 5 rings (SSSR count). The van der Waals surface area contributed by atoms with E-state index < -0.39 is 0 Å². The molecule has 0 spiro atoms. The quantitative estimate of drug-likeness (QED) is 0.783. The SMILES string of the molecule is CC1(C)C2Cc3c(O)cccc3[C@]1(C)CCN2C(=O)c1ccc(CN2CCCC2)cc1. The van der Waals surface area contributed by atoms with E-state index >= 15 is 0 Å². The van der Waals surface area contributed by atoms with Gasteiger partial charge in [0.1, 0.15) is 5.75 Å². The van der Waals surface area contributed by atoms with Crippen molar-refractivity contribution < 1.29 is 9.90 Å². The van der Waals surface area contributed by atoms with Crippen LogP contribution in [0.15, 0.2) is 42.5 Å². The summed E-state index contributed by atoms with van der Waals surface area (Å²) in [6, 6.07) is 14.2. The number of hydrogen-bond donors (Lipinski definition) is 1. The fourth-order valence-corrected chi connectivity index (χ4v) is 6.29. The number of fused-ring (bicyclic) bond motifs is 4. The topological polar surface area (TPSA) is 43.8 Å². The van der Waals surface area contributed by atoms with Crippen LogP contribution >= 0.6 is 0 Å². The van der Waals surface area contributed by atoms with Crippen molar-refractivity contribution in [3.8, 4) is 5.75 Å². The zero-order valence-corrected chi connectivity index (χ0v) is 19.0. The van der Waals surface area contributed by atoms with E-state index in [-0.39, 0.29) is 22.8 Å². The van der Waals surface area contributed by atoms with Crippen molar-refractivity contribution in [3.63, 3.8) is 0 Å². The highest BCUT2D eigenvalue weighted by Crippen LogP contribution is 2.57. The zero-order chi connectivity index (χ0) is 21.8. The van der Waals surface area contributed by atoms with Gasteiger partial charge in [-0.25, -0.2) is 0 Å². The normalized spacial score (nSPS) is 27.2. The summed E-state index contributed by atoms with van der Waals surface area (Å²) >= 11 is 0. The molecule has 1 amide bonds. The van der Waals surface area contributed by atoms with Crippen molar-refractivity contribution in [2.75, 3.05) is 19.6 Å². The fourth-order valence-electron chi connectivity index (χ4n) is 6.29. The van der Waals surface area contributed by atoms with Crippen molar-refractivity contribution in [1.29, 1.82) is 0 Å². The van der Waals surface area contributed by atoms with Crippen molar-refractivity contribution in [3.05, 3.63) is 64.7 Å². The summed E-state index contributed by atoms with van der Waals surface area (Å²) in [4.78, 5) is 18.2. The Morgan fingerprint density at radius 2 is 1.74 bits per heavy atom. The van der Waals surface area contributed by atoms with E-state index in [1.165, 1.54) is 37.1 Å². The molecule has 2 aromatic rings. The van der Waals surface area contributed by atoms with Gasteiger partial charge >= 0.3 is 0 Å². The van der Waals surface area contributed by atoms with Crippen LogP contribution in [-0.2, 0) is 18.4 Å². The fraction of sp³-hybridized carbons (Fsp3) is 0.519. The van der Waals surface area contributed by atoms with Gasteiger partial charge in [-0.1, -0.05) is 45.0 Å². The van der Waals surface area contributed by atoms with Gasteiger partial charge < -0.3 is 10.0 Å². The molecule has 2 bridgehead atoms. The van der Waals surface area contributed by atoms with Crippen LogP contribution in [0.2, 0.25) is 0 Å². The van der Waals surface area contributed by atoms with Gasteiger partial charge in [0.15, 0.2) is 0 Å². The van der Waals surface area contributed by atoms with Gasteiger partial charge in [-0.15, -0.1) is 0 Å². The molecule has 1 aliphatic carbocycles. The number of likely N-dealkylation sites (tertiary alicyclic amines) is 2. The average molecular weight is 419 g/mol. The number of phenols is 1. The van der Waals surface area contributed by atoms with Crippen LogP contribution in [0.25, 0.3) is 0 Å². The molecule has 2 aliphatic heterocycles. The van der Waals surface area contributed by atoms with Crippen molar-refractivity contribution in [1.82, 2.24) is 9.80 Å². The number of carbonyl (C=O) groups excluding carboxylic acids is 1.